The monoisotopic (exact) mass is 354 g/mol. The Morgan fingerprint density at radius 2 is 1.88 bits per heavy atom. The summed E-state index contributed by atoms with van der Waals surface area (Å²) < 4.78 is 11.1. The Morgan fingerprint density at radius 3 is 2.42 bits per heavy atom. The molecule has 1 spiro atoms. The van der Waals surface area contributed by atoms with Gasteiger partial charge in [-0.25, -0.2) is 0 Å². The molecule has 26 heavy (non-hydrogen) atoms. The summed E-state index contributed by atoms with van der Waals surface area (Å²) in [5, 5.41) is 10.9. The van der Waals surface area contributed by atoms with Crippen LogP contribution in [0, 0.1) is 10.1 Å². The number of methoxy groups -OCH3 is 1. The van der Waals surface area contributed by atoms with Crippen molar-refractivity contribution in [2.45, 2.75) is 24.5 Å². The predicted molar refractivity (Wildman–Crippen MR) is 94.2 cm³/mol. The molecule has 2 saturated heterocycles. The molecule has 0 unspecified atom stereocenters. The van der Waals surface area contributed by atoms with Gasteiger partial charge in [0.15, 0.2) is 5.60 Å². The van der Waals surface area contributed by atoms with Crippen molar-refractivity contribution >= 4 is 17.3 Å². The van der Waals surface area contributed by atoms with Gasteiger partial charge in [-0.3, -0.25) is 19.8 Å². The third kappa shape index (κ3) is 2.35. The van der Waals surface area contributed by atoms with E-state index in [1.807, 2.05) is 12.1 Å². The SMILES string of the molecule is COc1ccc(N2C(=O)[C@@]3(CCCO3)[C@H]2c2ccc([N+](=O)[O-])cc2)cc1. The summed E-state index contributed by atoms with van der Waals surface area (Å²) in [6.07, 6.45) is 1.48. The molecule has 2 aliphatic heterocycles. The van der Waals surface area contributed by atoms with Crippen LogP contribution in [0.5, 0.6) is 5.75 Å². The first-order valence-electron chi connectivity index (χ1n) is 8.43. The van der Waals surface area contributed by atoms with E-state index in [9.17, 15) is 14.9 Å². The fraction of sp³-hybridized carbons (Fsp3) is 0.316. The van der Waals surface area contributed by atoms with Crippen LogP contribution in [0.15, 0.2) is 48.5 Å². The minimum Gasteiger partial charge on any atom is -0.497 e. The number of carbonyl (C=O) groups excluding carboxylic acids is 1. The van der Waals surface area contributed by atoms with E-state index < -0.39 is 10.5 Å². The van der Waals surface area contributed by atoms with Gasteiger partial charge in [-0.05, 0) is 54.8 Å². The Kier molecular flexibility index (Phi) is 3.88. The molecule has 0 saturated carbocycles. The smallest absolute Gasteiger partial charge is 0.269 e. The molecule has 7 heteroatoms. The summed E-state index contributed by atoms with van der Waals surface area (Å²) >= 11 is 0. The zero-order valence-corrected chi connectivity index (χ0v) is 14.3. The Morgan fingerprint density at radius 1 is 1.19 bits per heavy atom. The van der Waals surface area contributed by atoms with Crippen molar-refractivity contribution in [1.29, 1.82) is 0 Å². The van der Waals surface area contributed by atoms with Crippen LogP contribution in [0.4, 0.5) is 11.4 Å². The molecule has 0 aromatic heterocycles. The van der Waals surface area contributed by atoms with Gasteiger partial charge in [0, 0.05) is 24.4 Å². The highest BCUT2D eigenvalue weighted by Gasteiger charge is 2.64. The number of ether oxygens (including phenoxy) is 2. The lowest BCUT2D eigenvalue weighted by atomic mass is 9.75. The summed E-state index contributed by atoms with van der Waals surface area (Å²) in [7, 11) is 1.59. The molecule has 0 bridgehead atoms. The molecule has 2 aromatic rings. The molecule has 4 rings (SSSR count). The van der Waals surface area contributed by atoms with Crippen molar-refractivity contribution in [2.24, 2.45) is 0 Å². The lowest BCUT2D eigenvalue weighted by Gasteiger charge is -2.53. The number of non-ortho nitro benzene ring substituents is 1. The predicted octanol–water partition coefficient (Wildman–Crippen LogP) is 3.24. The van der Waals surface area contributed by atoms with E-state index in [-0.39, 0.29) is 17.6 Å². The fourth-order valence-corrected chi connectivity index (χ4v) is 3.83. The van der Waals surface area contributed by atoms with Gasteiger partial charge < -0.3 is 9.47 Å². The molecule has 2 atom stereocenters. The maximum atomic E-state index is 13.0. The van der Waals surface area contributed by atoms with Crippen LogP contribution in [0.25, 0.3) is 0 Å². The molecular weight excluding hydrogens is 336 g/mol. The van der Waals surface area contributed by atoms with E-state index in [2.05, 4.69) is 0 Å². The van der Waals surface area contributed by atoms with Crippen molar-refractivity contribution in [3.05, 3.63) is 64.2 Å². The number of nitrogens with zero attached hydrogens (tertiary/aromatic N) is 2. The Hall–Kier alpha value is -2.93. The highest BCUT2D eigenvalue weighted by Crippen LogP contribution is 2.53. The molecule has 2 fully saturated rings. The standard InChI is InChI=1S/C19H18N2O5/c1-25-16-9-7-14(8-10-16)20-17(19(18(20)22)11-2-12-26-19)13-3-5-15(6-4-13)21(23)24/h3-10,17H,2,11-12H2,1H3/t17-,19-/m1/s1. The molecule has 1 amide bonds. The first-order valence-corrected chi connectivity index (χ1v) is 8.43. The van der Waals surface area contributed by atoms with Crippen LogP contribution in [-0.4, -0.2) is 30.1 Å². The number of carbonyl (C=O) groups is 1. The topological polar surface area (TPSA) is 81.9 Å². The molecule has 2 aliphatic rings. The quantitative estimate of drug-likeness (QED) is 0.478. The lowest BCUT2D eigenvalue weighted by molar-refractivity contribution is -0.384. The third-order valence-electron chi connectivity index (χ3n) is 5.10. The Bertz CT molecular complexity index is 841. The minimum atomic E-state index is -0.865. The summed E-state index contributed by atoms with van der Waals surface area (Å²) in [5.74, 6) is 0.643. The number of amides is 1. The van der Waals surface area contributed by atoms with Crippen LogP contribution < -0.4 is 9.64 Å². The van der Waals surface area contributed by atoms with Crippen LogP contribution in [-0.2, 0) is 9.53 Å². The third-order valence-corrected chi connectivity index (χ3v) is 5.10. The van der Waals surface area contributed by atoms with E-state index in [1.54, 1.807) is 36.3 Å². The average Bonchev–Trinajstić information content (AvgIpc) is 3.18. The number of β-lactam (4-membered cyclic amide) rings is 1. The van der Waals surface area contributed by atoms with Gasteiger partial charge >= 0.3 is 0 Å². The van der Waals surface area contributed by atoms with Crippen LogP contribution in [0.2, 0.25) is 0 Å². The van der Waals surface area contributed by atoms with Crippen LogP contribution >= 0.6 is 0 Å². The van der Waals surface area contributed by atoms with Gasteiger partial charge in [-0.15, -0.1) is 0 Å². The van der Waals surface area contributed by atoms with Gasteiger partial charge in [0.2, 0.25) is 0 Å². The van der Waals surface area contributed by atoms with Crippen molar-refractivity contribution in [3.63, 3.8) is 0 Å². The maximum absolute atomic E-state index is 13.0. The molecule has 134 valence electrons. The first-order chi connectivity index (χ1) is 12.6. The molecule has 2 aromatic carbocycles. The first kappa shape index (κ1) is 16.5. The fourth-order valence-electron chi connectivity index (χ4n) is 3.83. The average molecular weight is 354 g/mol. The molecule has 2 heterocycles. The molecule has 0 aliphatic carbocycles. The lowest BCUT2D eigenvalue weighted by Crippen LogP contribution is -2.68. The molecule has 0 radical (unpaired) electrons. The highest BCUT2D eigenvalue weighted by molar-refractivity contribution is 6.08. The Balaban J connectivity index is 1.72. The number of rotatable bonds is 4. The number of anilines is 1. The van der Waals surface area contributed by atoms with Crippen LogP contribution in [0.3, 0.4) is 0 Å². The largest absolute Gasteiger partial charge is 0.497 e. The normalized spacial score (nSPS) is 24.6. The summed E-state index contributed by atoms with van der Waals surface area (Å²) in [6.45, 7) is 0.547. The van der Waals surface area contributed by atoms with E-state index >= 15 is 0 Å². The van der Waals surface area contributed by atoms with E-state index in [1.165, 1.54) is 12.1 Å². The van der Waals surface area contributed by atoms with Gasteiger partial charge in [0.05, 0.1) is 12.0 Å². The summed E-state index contributed by atoms with van der Waals surface area (Å²) in [4.78, 5) is 25.1. The van der Waals surface area contributed by atoms with Crippen molar-refractivity contribution in [3.8, 4) is 5.75 Å². The molecule has 0 N–H and O–H groups in total. The van der Waals surface area contributed by atoms with Crippen molar-refractivity contribution in [2.75, 3.05) is 18.6 Å². The second kappa shape index (κ2) is 6.10. The molecular formula is C19H18N2O5. The number of nitro benzene ring substituents is 1. The van der Waals surface area contributed by atoms with E-state index in [0.29, 0.717) is 18.8 Å². The Labute approximate surface area is 150 Å². The van der Waals surface area contributed by atoms with Gasteiger partial charge in [-0.2, -0.15) is 0 Å². The van der Waals surface area contributed by atoms with E-state index in [0.717, 1.165) is 17.7 Å². The number of hydrogen-bond donors (Lipinski definition) is 0. The summed E-state index contributed by atoms with van der Waals surface area (Å²) in [6, 6.07) is 13.3. The number of benzene rings is 2. The summed E-state index contributed by atoms with van der Waals surface area (Å²) in [5.41, 5.74) is 0.737. The van der Waals surface area contributed by atoms with Gasteiger partial charge in [0.25, 0.3) is 11.6 Å². The number of hydrogen-bond acceptors (Lipinski definition) is 5. The van der Waals surface area contributed by atoms with Crippen molar-refractivity contribution < 1.29 is 19.2 Å². The van der Waals surface area contributed by atoms with Gasteiger partial charge in [0.1, 0.15) is 11.8 Å². The van der Waals surface area contributed by atoms with Crippen LogP contribution in [0.1, 0.15) is 24.4 Å². The zero-order valence-electron chi connectivity index (χ0n) is 14.3. The highest BCUT2D eigenvalue weighted by atomic mass is 16.6. The van der Waals surface area contributed by atoms with E-state index in [4.69, 9.17) is 9.47 Å². The zero-order chi connectivity index (χ0) is 18.3. The number of nitro groups is 1. The minimum absolute atomic E-state index is 0.0248. The van der Waals surface area contributed by atoms with Gasteiger partial charge in [-0.1, -0.05) is 0 Å². The second-order valence-electron chi connectivity index (χ2n) is 6.47. The van der Waals surface area contributed by atoms with Crippen molar-refractivity contribution in [1.82, 2.24) is 0 Å². The molecule has 7 nitrogen and oxygen atoms in total. The maximum Gasteiger partial charge on any atom is 0.269 e. The second-order valence-corrected chi connectivity index (χ2v) is 6.47.